The lowest BCUT2D eigenvalue weighted by atomic mass is 9.39. The van der Waals surface area contributed by atoms with Gasteiger partial charge in [-0.3, -0.25) is 9.59 Å². The smallest absolute Gasteiger partial charge is 0.146 e. The van der Waals surface area contributed by atoms with Crippen LogP contribution < -0.4 is 0 Å². The molecule has 0 aromatic rings. The zero-order valence-corrected chi connectivity index (χ0v) is 17.3. The van der Waals surface area contributed by atoms with Gasteiger partial charge in [-0.15, -0.1) is 0 Å². The molecule has 27 heavy (non-hydrogen) atoms. The van der Waals surface area contributed by atoms with Crippen molar-refractivity contribution in [2.45, 2.75) is 72.6 Å². The van der Waals surface area contributed by atoms with E-state index in [-0.39, 0.29) is 17.1 Å². The molecule has 3 saturated carbocycles. The monoisotopic (exact) mass is 370 g/mol. The number of ketones is 1. The average Bonchev–Trinajstić information content (AvgIpc) is 2.61. The molecule has 0 amide bonds. The molecular weight excluding hydrogens is 336 g/mol. The zero-order valence-electron chi connectivity index (χ0n) is 17.3. The minimum atomic E-state index is -0.693. The van der Waals surface area contributed by atoms with E-state index in [9.17, 15) is 14.4 Å². The highest BCUT2D eigenvalue weighted by molar-refractivity contribution is 5.94. The van der Waals surface area contributed by atoms with E-state index in [0.29, 0.717) is 35.2 Å². The van der Waals surface area contributed by atoms with Crippen LogP contribution in [0.1, 0.15) is 72.6 Å². The van der Waals surface area contributed by atoms with Crippen LogP contribution in [0.3, 0.4) is 0 Å². The molecule has 0 aliphatic heterocycles. The van der Waals surface area contributed by atoms with E-state index >= 15 is 0 Å². The Morgan fingerprint density at radius 2 is 1.78 bits per heavy atom. The lowest BCUT2D eigenvalue weighted by molar-refractivity contribution is -0.172. The van der Waals surface area contributed by atoms with Gasteiger partial charge in [-0.2, -0.15) is 0 Å². The number of allylic oxidation sites excluding steroid dienone is 2. The predicted molar refractivity (Wildman–Crippen MR) is 105 cm³/mol. The van der Waals surface area contributed by atoms with Gasteiger partial charge in [0.1, 0.15) is 18.4 Å². The molecule has 0 spiro atoms. The van der Waals surface area contributed by atoms with E-state index in [1.165, 1.54) is 25.7 Å². The Labute approximate surface area is 163 Å². The maximum Gasteiger partial charge on any atom is 0.146 e. The molecule has 4 aliphatic carbocycles. The third-order valence-corrected chi connectivity index (χ3v) is 9.61. The van der Waals surface area contributed by atoms with Crippen LogP contribution in [0, 0.1) is 45.8 Å². The fourth-order valence-corrected chi connectivity index (χ4v) is 8.22. The van der Waals surface area contributed by atoms with Crippen molar-refractivity contribution in [3.05, 3.63) is 11.6 Å². The molecule has 4 rings (SSSR count). The van der Waals surface area contributed by atoms with Crippen molar-refractivity contribution in [2.24, 2.45) is 45.8 Å². The molecule has 0 N–H and O–H groups in total. The Morgan fingerprint density at radius 1 is 1.04 bits per heavy atom. The molecule has 0 heterocycles. The van der Waals surface area contributed by atoms with Crippen LogP contribution in [0.25, 0.3) is 0 Å². The van der Waals surface area contributed by atoms with Crippen molar-refractivity contribution in [1.82, 2.24) is 0 Å². The van der Waals surface area contributed by atoms with Crippen LogP contribution in [0.2, 0.25) is 0 Å². The summed E-state index contributed by atoms with van der Waals surface area (Å²) in [5.41, 5.74) is 0.410. The van der Waals surface area contributed by atoms with Crippen LogP contribution in [-0.4, -0.2) is 18.4 Å². The van der Waals surface area contributed by atoms with E-state index in [1.807, 2.05) is 13.0 Å². The number of fused-ring (bicyclic) bond motifs is 5. The Bertz CT molecular complexity index is 704. The molecule has 0 radical (unpaired) electrons. The van der Waals surface area contributed by atoms with Crippen molar-refractivity contribution in [3.63, 3.8) is 0 Å². The molecule has 0 saturated heterocycles. The van der Waals surface area contributed by atoms with Crippen molar-refractivity contribution >= 4 is 18.4 Å². The molecule has 0 aromatic heterocycles. The second-order valence-corrected chi connectivity index (χ2v) is 10.9. The van der Waals surface area contributed by atoms with Crippen LogP contribution in [0.4, 0.5) is 0 Å². The number of carbonyl (C=O) groups is 3. The number of aldehydes is 2. The average molecular weight is 371 g/mol. The Balaban J connectivity index is 1.75. The normalized spacial score (nSPS) is 48.5. The van der Waals surface area contributed by atoms with Gasteiger partial charge in [0.2, 0.25) is 0 Å². The number of Topliss-reactive ketones (excluding diaryl/α,β-unsaturated/α-hetero) is 1. The molecule has 7 atom stereocenters. The fraction of sp³-hybridized carbons (Fsp3) is 0.792. The number of rotatable bonds is 2. The second-order valence-electron chi connectivity index (χ2n) is 10.9. The lowest BCUT2D eigenvalue weighted by Crippen LogP contribution is -2.61. The minimum Gasteiger partial charge on any atom is -0.303 e. The summed E-state index contributed by atoms with van der Waals surface area (Å²) in [4.78, 5) is 36.9. The molecule has 3 nitrogen and oxygen atoms in total. The van der Waals surface area contributed by atoms with E-state index in [1.54, 1.807) is 0 Å². The summed E-state index contributed by atoms with van der Waals surface area (Å²) in [5.74, 6) is 1.47. The summed E-state index contributed by atoms with van der Waals surface area (Å²) in [7, 11) is 0. The molecule has 0 aromatic carbocycles. The Kier molecular flexibility index (Phi) is 4.33. The van der Waals surface area contributed by atoms with Gasteiger partial charge in [-0.05, 0) is 72.2 Å². The molecule has 148 valence electrons. The first-order valence-corrected chi connectivity index (χ1v) is 10.8. The fourth-order valence-electron chi connectivity index (χ4n) is 8.22. The largest absolute Gasteiger partial charge is 0.303 e. The van der Waals surface area contributed by atoms with Crippen molar-refractivity contribution in [2.75, 3.05) is 0 Å². The third-order valence-electron chi connectivity index (χ3n) is 9.61. The van der Waals surface area contributed by atoms with Crippen LogP contribution in [0.15, 0.2) is 11.6 Å². The summed E-state index contributed by atoms with van der Waals surface area (Å²) in [6.07, 6.45) is 11.1. The molecule has 0 unspecified atom stereocenters. The highest BCUT2D eigenvalue weighted by atomic mass is 16.1. The number of hydrogen-bond acceptors (Lipinski definition) is 3. The minimum absolute atomic E-state index is 0.200. The molecular formula is C24H34O3. The third kappa shape index (κ3) is 2.42. The van der Waals surface area contributed by atoms with Crippen LogP contribution in [0.5, 0.6) is 0 Å². The van der Waals surface area contributed by atoms with Gasteiger partial charge < -0.3 is 4.79 Å². The van der Waals surface area contributed by atoms with Gasteiger partial charge in [0.25, 0.3) is 0 Å². The summed E-state index contributed by atoms with van der Waals surface area (Å²) >= 11 is 0. The van der Waals surface area contributed by atoms with E-state index in [0.717, 1.165) is 25.4 Å². The van der Waals surface area contributed by atoms with Gasteiger partial charge in [-0.25, -0.2) is 0 Å². The van der Waals surface area contributed by atoms with E-state index in [2.05, 4.69) is 20.8 Å². The zero-order chi connectivity index (χ0) is 19.6. The van der Waals surface area contributed by atoms with Gasteiger partial charge in [0.15, 0.2) is 0 Å². The summed E-state index contributed by atoms with van der Waals surface area (Å²) < 4.78 is 0. The second kappa shape index (κ2) is 6.12. The number of hydrogen-bond donors (Lipinski definition) is 0. The first-order chi connectivity index (χ1) is 12.7. The Morgan fingerprint density at radius 3 is 2.44 bits per heavy atom. The first-order valence-electron chi connectivity index (χ1n) is 10.8. The van der Waals surface area contributed by atoms with Crippen LogP contribution >= 0.6 is 0 Å². The first kappa shape index (κ1) is 19.1. The molecule has 3 fully saturated rings. The highest BCUT2D eigenvalue weighted by Gasteiger charge is 2.63. The van der Waals surface area contributed by atoms with Gasteiger partial charge >= 0.3 is 0 Å². The topological polar surface area (TPSA) is 51.2 Å². The van der Waals surface area contributed by atoms with Crippen molar-refractivity contribution in [3.8, 4) is 0 Å². The number of carbonyl (C=O) groups excluding carboxylic acids is 3. The quantitative estimate of drug-likeness (QED) is 0.657. The van der Waals surface area contributed by atoms with Crippen LogP contribution in [-0.2, 0) is 14.4 Å². The predicted octanol–water partition coefficient (Wildman–Crippen LogP) is 4.78. The molecule has 0 bridgehead atoms. The Hall–Kier alpha value is -1.25. The van der Waals surface area contributed by atoms with Gasteiger partial charge in [0.05, 0.1) is 5.92 Å². The summed E-state index contributed by atoms with van der Waals surface area (Å²) in [5, 5.41) is 0. The standard InChI is InChI=1S/C24H34O3/c1-22(2)10-5-11-23(3)18-12-21(27)24(4)17(16(18)7-9-20(22)23)8-6-15(13-25)19(24)14-26/h6,13-14,16-20H,5,7-12H2,1-4H3/t16-,17-,18-,19-,20-,23+,24-/m0/s1. The molecule has 3 heteroatoms. The van der Waals surface area contributed by atoms with Gasteiger partial charge in [0, 0.05) is 11.8 Å². The maximum atomic E-state index is 13.5. The maximum absolute atomic E-state index is 13.5. The summed E-state index contributed by atoms with van der Waals surface area (Å²) in [6.45, 7) is 9.28. The van der Waals surface area contributed by atoms with E-state index in [4.69, 9.17) is 0 Å². The SMILES string of the molecule is CC1(C)CCC[C@]2(C)[C@H]3CC(=O)[C@]4(C)[C@@H](C=O)C(C=O)=CC[C@H]4[C@@H]3CC[C@@H]12. The molecule has 4 aliphatic rings. The highest BCUT2D eigenvalue weighted by Crippen LogP contribution is 2.67. The van der Waals surface area contributed by atoms with Crippen molar-refractivity contribution < 1.29 is 14.4 Å². The van der Waals surface area contributed by atoms with Gasteiger partial charge in [-0.1, -0.05) is 40.2 Å². The van der Waals surface area contributed by atoms with Crippen molar-refractivity contribution in [1.29, 1.82) is 0 Å². The lowest BCUT2D eigenvalue weighted by Gasteiger charge is -2.64. The van der Waals surface area contributed by atoms with E-state index < -0.39 is 11.3 Å². The summed E-state index contributed by atoms with van der Waals surface area (Å²) in [6, 6.07) is 0.